The second kappa shape index (κ2) is 9.72. The lowest BCUT2D eigenvalue weighted by Crippen LogP contribution is -2.46. The van der Waals surface area contributed by atoms with Crippen LogP contribution in [0.1, 0.15) is 38.3 Å². The number of carbonyl (C=O) groups excluding carboxylic acids is 2. The average molecular weight is 409 g/mol. The van der Waals surface area contributed by atoms with Crippen molar-refractivity contribution in [2.45, 2.75) is 46.6 Å². The molecule has 0 unspecified atom stereocenters. The highest BCUT2D eigenvalue weighted by Gasteiger charge is 2.21. The Morgan fingerprint density at radius 1 is 1.00 bits per heavy atom. The van der Waals surface area contributed by atoms with Crippen molar-refractivity contribution >= 4 is 29.1 Å². The summed E-state index contributed by atoms with van der Waals surface area (Å²) in [6.07, 6.45) is 0.931. The summed E-state index contributed by atoms with van der Waals surface area (Å²) in [5.74, 6) is -0.0176. The van der Waals surface area contributed by atoms with Crippen molar-refractivity contribution in [1.29, 1.82) is 0 Å². The van der Waals surface area contributed by atoms with Crippen LogP contribution >= 0.6 is 11.6 Å². The van der Waals surface area contributed by atoms with E-state index in [2.05, 4.69) is 20.4 Å². The molecule has 1 aromatic rings. The highest BCUT2D eigenvalue weighted by atomic mass is 35.5. The summed E-state index contributed by atoms with van der Waals surface area (Å²) in [6, 6.07) is 3.87. The van der Waals surface area contributed by atoms with E-state index in [-0.39, 0.29) is 17.4 Å². The molecule has 1 aliphatic heterocycles. The lowest BCUT2D eigenvalue weighted by atomic mass is 10.1. The predicted molar refractivity (Wildman–Crippen MR) is 115 cm³/mol. The van der Waals surface area contributed by atoms with Gasteiger partial charge in [0.2, 0.25) is 11.8 Å². The molecule has 0 bridgehead atoms. The van der Waals surface area contributed by atoms with Gasteiger partial charge in [-0.2, -0.15) is 0 Å². The Hall–Kier alpha value is -1.63. The summed E-state index contributed by atoms with van der Waals surface area (Å²) in [4.78, 5) is 28.9. The van der Waals surface area contributed by atoms with E-state index in [1.807, 2.05) is 46.8 Å². The molecule has 156 valence electrons. The Kier molecular flexibility index (Phi) is 7.87. The summed E-state index contributed by atoms with van der Waals surface area (Å²) < 4.78 is 0. The standard InChI is InChI=1S/C21H33ClN4O2/c1-15-11-16(2)20(17(22)12-15)23-18(27)13-25-7-6-8-26(10-9-25)14-19(28)24-21(3,4)5/h11-12H,6-10,13-14H2,1-5H3,(H,23,27)(H,24,28). The highest BCUT2D eigenvalue weighted by Crippen LogP contribution is 2.27. The predicted octanol–water partition coefficient (Wildman–Crippen LogP) is 2.82. The number of carbonyl (C=O) groups is 2. The Morgan fingerprint density at radius 2 is 1.57 bits per heavy atom. The molecule has 2 amide bonds. The molecule has 1 aromatic carbocycles. The fourth-order valence-corrected chi connectivity index (χ4v) is 3.83. The lowest BCUT2D eigenvalue weighted by molar-refractivity contribution is -0.123. The molecule has 6 nitrogen and oxygen atoms in total. The molecule has 2 N–H and O–H groups in total. The SMILES string of the molecule is Cc1cc(C)c(NC(=O)CN2CCCN(CC(=O)NC(C)(C)C)CC2)c(Cl)c1. The lowest BCUT2D eigenvalue weighted by Gasteiger charge is -2.25. The zero-order valence-corrected chi connectivity index (χ0v) is 18.4. The van der Waals surface area contributed by atoms with Crippen molar-refractivity contribution in [3.63, 3.8) is 0 Å². The van der Waals surface area contributed by atoms with Gasteiger partial charge >= 0.3 is 0 Å². The van der Waals surface area contributed by atoms with Crippen LogP contribution in [0.15, 0.2) is 12.1 Å². The van der Waals surface area contributed by atoms with Gasteiger partial charge < -0.3 is 10.6 Å². The average Bonchev–Trinajstić information content (AvgIpc) is 2.74. The topological polar surface area (TPSA) is 64.7 Å². The summed E-state index contributed by atoms with van der Waals surface area (Å²) in [6.45, 7) is 13.8. The molecule has 1 aliphatic rings. The molecule has 1 heterocycles. The van der Waals surface area contributed by atoms with Gasteiger partial charge in [-0.15, -0.1) is 0 Å². The van der Waals surface area contributed by atoms with Crippen molar-refractivity contribution in [1.82, 2.24) is 15.1 Å². The van der Waals surface area contributed by atoms with Crippen LogP contribution in [0.3, 0.4) is 0 Å². The van der Waals surface area contributed by atoms with Crippen LogP contribution in [-0.2, 0) is 9.59 Å². The van der Waals surface area contributed by atoms with Crippen molar-refractivity contribution in [2.24, 2.45) is 0 Å². The minimum absolute atomic E-state index is 0.0446. The maximum Gasteiger partial charge on any atom is 0.238 e. The molecule has 1 saturated heterocycles. The van der Waals surface area contributed by atoms with Gasteiger partial charge in [-0.05, 0) is 71.3 Å². The molecule has 1 fully saturated rings. The van der Waals surface area contributed by atoms with Gasteiger partial charge in [0, 0.05) is 18.6 Å². The number of amides is 2. The van der Waals surface area contributed by atoms with Crippen LogP contribution in [0.4, 0.5) is 5.69 Å². The summed E-state index contributed by atoms with van der Waals surface area (Å²) in [5, 5.41) is 6.52. The Morgan fingerprint density at radius 3 is 2.11 bits per heavy atom. The van der Waals surface area contributed by atoms with Gasteiger partial charge in [-0.1, -0.05) is 17.7 Å². The van der Waals surface area contributed by atoms with Gasteiger partial charge in [0.15, 0.2) is 0 Å². The number of benzene rings is 1. The molecule has 0 aliphatic carbocycles. The number of hydrogen-bond donors (Lipinski definition) is 2. The van der Waals surface area contributed by atoms with Crippen molar-refractivity contribution < 1.29 is 9.59 Å². The van der Waals surface area contributed by atoms with Crippen LogP contribution < -0.4 is 10.6 Å². The molecule has 2 rings (SSSR count). The number of rotatable bonds is 5. The van der Waals surface area contributed by atoms with E-state index in [0.29, 0.717) is 23.8 Å². The Bertz CT molecular complexity index is 692. The first-order valence-corrected chi connectivity index (χ1v) is 10.2. The van der Waals surface area contributed by atoms with Crippen molar-refractivity contribution in [3.8, 4) is 0 Å². The molecule has 0 radical (unpaired) electrons. The molecule has 0 spiro atoms. The summed E-state index contributed by atoms with van der Waals surface area (Å²) in [5.41, 5.74) is 2.50. The van der Waals surface area contributed by atoms with Crippen LogP contribution in [0.5, 0.6) is 0 Å². The van der Waals surface area contributed by atoms with E-state index in [1.165, 1.54) is 0 Å². The number of aryl methyl sites for hydroxylation is 2. The van der Waals surface area contributed by atoms with Crippen LogP contribution in [-0.4, -0.2) is 66.4 Å². The number of anilines is 1. The second-order valence-electron chi connectivity index (χ2n) is 8.69. The molecular formula is C21H33ClN4O2. The highest BCUT2D eigenvalue weighted by molar-refractivity contribution is 6.34. The number of halogens is 1. The van der Waals surface area contributed by atoms with Gasteiger partial charge in [0.1, 0.15) is 0 Å². The minimum Gasteiger partial charge on any atom is -0.350 e. The fraction of sp³-hybridized carbons (Fsp3) is 0.619. The third kappa shape index (κ3) is 7.41. The smallest absolute Gasteiger partial charge is 0.238 e. The van der Waals surface area contributed by atoms with E-state index >= 15 is 0 Å². The molecular weight excluding hydrogens is 376 g/mol. The second-order valence-corrected chi connectivity index (χ2v) is 9.10. The Balaban J connectivity index is 1.84. The van der Waals surface area contributed by atoms with Crippen molar-refractivity contribution in [3.05, 3.63) is 28.3 Å². The van der Waals surface area contributed by atoms with Crippen LogP contribution in [0, 0.1) is 13.8 Å². The maximum atomic E-state index is 12.5. The maximum absolute atomic E-state index is 12.5. The van der Waals surface area contributed by atoms with Crippen LogP contribution in [0.2, 0.25) is 5.02 Å². The summed E-state index contributed by atoms with van der Waals surface area (Å²) in [7, 11) is 0. The van der Waals surface area contributed by atoms with E-state index < -0.39 is 0 Å². The van der Waals surface area contributed by atoms with Gasteiger partial charge in [-0.25, -0.2) is 0 Å². The molecule has 0 atom stereocenters. The van der Waals surface area contributed by atoms with Crippen molar-refractivity contribution in [2.75, 3.05) is 44.6 Å². The zero-order chi connectivity index (χ0) is 20.9. The summed E-state index contributed by atoms with van der Waals surface area (Å²) >= 11 is 6.29. The van der Waals surface area contributed by atoms with E-state index in [1.54, 1.807) is 0 Å². The first-order chi connectivity index (χ1) is 13.0. The molecule has 28 heavy (non-hydrogen) atoms. The number of nitrogens with one attached hydrogen (secondary N) is 2. The Labute approximate surface area is 173 Å². The molecule has 0 aromatic heterocycles. The van der Waals surface area contributed by atoms with Gasteiger partial charge in [0.05, 0.1) is 23.8 Å². The van der Waals surface area contributed by atoms with Crippen LogP contribution in [0.25, 0.3) is 0 Å². The van der Waals surface area contributed by atoms with E-state index in [0.717, 1.165) is 43.7 Å². The quantitative estimate of drug-likeness (QED) is 0.786. The largest absolute Gasteiger partial charge is 0.350 e. The first-order valence-electron chi connectivity index (χ1n) is 9.86. The molecule has 7 heteroatoms. The fourth-order valence-electron chi connectivity index (χ4n) is 3.46. The monoisotopic (exact) mass is 408 g/mol. The van der Waals surface area contributed by atoms with E-state index in [9.17, 15) is 9.59 Å². The third-order valence-corrected chi connectivity index (χ3v) is 4.92. The third-order valence-electron chi connectivity index (χ3n) is 4.63. The number of nitrogens with zero attached hydrogens (tertiary/aromatic N) is 2. The van der Waals surface area contributed by atoms with E-state index in [4.69, 9.17) is 11.6 Å². The van der Waals surface area contributed by atoms with Gasteiger partial charge in [0.25, 0.3) is 0 Å². The minimum atomic E-state index is -0.220. The van der Waals surface area contributed by atoms with Gasteiger partial charge in [-0.3, -0.25) is 19.4 Å². The number of hydrogen-bond acceptors (Lipinski definition) is 4. The normalized spacial score (nSPS) is 16.5. The first kappa shape index (κ1) is 22.7. The molecule has 0 saturated carbocycles. The zero-order valence-electron chi connectivity index (χ0n) is 17.7.